The number of rotatable bonds is 17. The van der Waals surface area contributed by atoms with Crippen LogP contribution < -0.4 is 0 Å². The van der Waals surface area contributed by atoms with Gasteiger partial charge in [-0.2, -0.15) is 0 Å². The predicted octanol–water partition coefficient (Wildman–Crippen LogP) is 7.29. The van der Waals surface area contributed by atoms with Gasteiger partial charge in [0.1, 0.15) is 0 Å². The molecule has 0 radical (unpaired) electrons. The van der Waals surface area contributed by atoms with E-state index in [1.165, 1.54) is 5.56 Å². The monoisotopic (exact) mass is 600 g/mol. The Labute approximate surface area is 259 Å². The van der Waals surface area contributed by atoms with Crippen molar-refractivity contribution in [2.45, 2.75) is 147 Å². The molecule has 0 aromatic heterocycles. The van der Waals surface area contributed by atoms with Gasteiger partial charge in [-0.3, -0.25) is 4.79 Å². The first-order valence-corrected chi connectivity index (χ1v) is 17.1. The molecule has 43 heavy (non-hydrogen) atoms. The van der Waals surface area contributed by atoms with Crippen molar-refractivity contribution in [1.29, 1.82) is 0 Å². The molecule has 2 unspecified atom stereocenters. The lowest BCUT2D eigenvalue weighted by Crippen LogP contribution is -2.33. The van der Waals surface area contributed by atoms with Gasteiger partial charge in [0.2, 0.25) is 0 Å². The van der Waals surface area contributed by atoms with E-state index < -0.39 is 6.10 Å². The summed E-state index contributed by atoms with van der Waals surface area (Å²) in [4.78, 5) is 11.8. The normalized spacial score (nSPS) is 28.8. The number of aryl methyl sites for hydroxylation is 1. The van der Waals surface area contributed by atoms with Crippen LogP contribution >= 0.6 is 0 Å². The molecule has 1 aliphatic carbocycles. The Bertz CT molecular complexity index is 923. The van der Waals surface area contributed by atoms with E-state index in [2.05, 4.69) is 42.5 Å². The minimum Gasteiger partial charge on any atom is -0.463 e. The lowest BCUT2D eigenvalue weighted by Gasteiger charge is -2.32. The molecule has 7 nitrogen and oxygen atoms in total. The average Bonchev–Trinajstić information content (AvgIpc) is 3.30. The summed E-state index contributed by atoms with van der Waals surface area (Å²) in [6.45, 7) is 5.27. The van der Waals surface area contributed by atoms with Crippen molar-refractivity contribution in [3.63, 3.8) is 0 Å². The first kappa shape index (κ1) is 34.1. The molecule has 1 saturated carbocycles. The van der Waals surface area contributed by atoms with Gasteiger partial charge in [0.05, 0.1) is 24.4 Å². The molecule has 0 amide bonds. The fraction of sp³-hybridized carbons (Fsp3) is 0.750. The van der Waals surface area contributed by atoms with Crippen molar-refractivity contribution in [1.82, 2.24) is 0 Å². The van der Waals surface area contributed by atoms with Crippen molar-refractivity contribution in [2.24, 2.45) is 11.8 Å². The fourth-order valence-electron chi connectivity index (χ4n) is 6.77. The highest BCUT2D eigenvalue weighted by Crippen LogP contribution is 2.41. The van der Waals surface area contributed by atoms with Gasteiger partial charge < -0.3 is 28.8 Å². The second kappa shape index (κ2) is 18.9. The molecule has 3 aliphatic rings. The molecule has 3 fully saturated rings. The smallest absolute Gasteiger partial charge is 0.306 e. The molecule has 2 aliphatic heterocycles. The number of aliphatic hydroxyl groups is 1. The van der Waals surface area contributed by atoms with Crippen molar-refractivity contribution in [3.05, 3.63) is 48.0 Å². The molecular formula is C36H56O7. The zero-order chi connectivity index (χ0) is 30.3. The summed E-state index contributed by atoms with van der Waals surface area (Å²) in [5.74, 6) is 0.208. The highest BCUT2D eigenvalue weighted by Gasteiger charge is 2.43. The third kappa shape index (κ3) is 12.3. The Morgan fingerprint density at radius 2 is 1.72 bits per heavy atom. The van der Waals surface area contributed by atoms with Gasteiger partial charge >= 0.3 is 5.97 Å². The van der Waals surface area contributed by atoms with Crippen LogP contribution in [-0.2, 0) is 34.9 Å². The average molecular weight is 601 g/mol. The largest absolute Gasteiger partial charge is 0.463 e. The Morgan fingerprint density at radius 3 is 2.42 bits per heavy atom. The number of carbonyl (C=O) groups is 1. The first-order valence-electron chi connectivity index (χ1n) is 17.1. The Balaban J connectivity index is 1.36. The molecule has 7 heteroatoms. The van der Waals surface area contributed by atoms with E-state index in [0.29, 0.717) is 12.8 Å². The maximum absolute atomic E-state index is 11.8. The van der Waals surface area contributed by atoms with Gasteiger partial charge in [-0.15, -0.1) is 0 Å². The quantitative estimate of drug-likeness (QED) is 0.114. The number of hydrogen-bond donors (Lipinski definition) is 1. The summed E-state index contributed by atoms with van der Waals surface area (Å²) in [5, 5.41) is 11.2. The van der Waals surface area contributed by atoms with Gasteiger partial charge in [0.15, 0.2) is 12.6 Å². The summed E-state index contributed by atoms with van der Waals surface area (Å²) in [6, 6.07) is 10.6. The van der Waals surface area contributed by atoms with Crippen molar-refractivity contribution in [2.75, 3.05) is 13.2 Å². The van der Waals surface area contributed by atoms with E-state index in [4.69, 9.17) is 23.7 Å². The van der Waals surface area contributed by atoms with Gasteiger partial charge in [-0.25, -0.2) is 0 Å². The number of carbonyl (C=O) groups excluding carboxylic acids is 1. The summed E-state index contributed by atoms with van der Waals surface area (Å²) < 4.78 is 30.3. The molecule has 1 N–H and O–H groups in total. The Hall–Kier alpha value is -1.77. The van der Waals surface area contributed by atoms with Gasteiger partial charge in [-0.05, 0) is 115 Å². The molecular weight excluding hydrogens is 544 g/mol. The zero-order valence-corrected chi connectivity index (χ0v) is 26.6. The summed E-state index contributed by atoms with van der Waals surface area (Å²) in [7, 11) is 0. The predicted molar refractivity (Wildman–Crippen MR) is 167 cm³/mol. The highest BCUT2D eigenvalue weighted by molar-refractivity contribution is 5.69. The van der Waals surface area contributed by atoms with E-state index in [0.717, 1.165) is 96.7 Å². The van der Waals surface area contributed by atoms with Gasteiger partial charge in [0.25, 0.3) is 0 Å². The number of hydrogen-bond acceptors (Lipinski definition) is 7. The molecule has 4 rings (SSSR count). The van der Waals surface area contributed by atoms with E-state index in [9.17, 15) is 9.90 Å². The molecule has 2 heterocycles. The zero-order valence-electron chi connectivity index (χ0n) is 26.6. The Kier molecular flexibility index (Phi) is 15.0. The number of benzene rings is 1. The van der Waals surface area contributed by atoms with Crippen LogP contribution in [0.5, 0.6) is 0 Å². The SMILES string of the molecule is CC(C)OC(=O)CCC/C=C\C[C@@H]1[C@@H](CC[C@H](CCc2ccccc2)OC2CCCCO2)[C@@H](OC2CCCCO2)C[C@@H]1O. The standard InChI is InChI=1S/C36H56O7/c1-27(2)41-34(38)17-9-4-3-8-16-30-31(33(26-32(30)37)43-36-19-11-13-25-40-36)23-22-29(42-35-18-10-12-24-39-35)21-20-28-14-6-5-7-15-28/h3,5-8,14-15,27,29-33,35-37H,4,9-13,16-26H2,1-2H3/b8-3-/t29-,30+,31+,32-,33-,35?,36?/m0/s1. The number of unbranched alkanes of at least 4 members (excludes halogenated alkanes) is 1. The minimum atomic E-state index is -0.408. The van der Waals surface area contributed by atoms with Crippen molar-refractivity contribution in [3.8, 4) is 0 Å². The van der Waals surface area contributed by atoms with Crippen LogP contribution in [0.2, 0.25) is 0 Å². The summed E-state index contributed by atoms with van der Waals surface area (Å²) in [6.07, 6.45) is 17.2. The molecule has 0 bridgehead atoms. The van der Waals surface area contributed by atoms with Crippen LogP contribution in [0.25, 0.3) is 0 Å². The van der Waals surface area contributed by atoms with Gasteiger partial charge in [-0.1, -0.05) is 42.5 Å². The molecule has 1 aromatic carbocycles. The van der Waals surface area contributed by atoms with E-state index >= 15 is 0 Å². The topological polar surface area (TPSA) is 83.5 Å². The van der Waals surface area contributed by atoms with Crippen molar-refractivity contribution >= 4 is 5.97 Å². The van der Waals surface area contributed by atoms with E-state index in [-0.39, 0.29) is 48.7 Å². The third-order valence-corrected chi connectivity index (χ3v) is 9.06. The fourth-order valence-corrected chi connectivity index (χ4v) is 6.77. The number of aliphatic hydroxyl groups excluding tert-OH is 1. The van der Waals surface area contributed by atoms with Crippen LogP contribution in [0.1, 0.15) is 109 Å². The maximum atomic E-state index is 11.8. The van der Waals surface area contributed by atoms with E-state index in [1.54, 1.807) is 0 Å². The first-order chi connectivity index (χ1) is 21.0. The van der Waals surface area contributed by atoms with Crippen LogP contribution in [-0.4, -0.2) is 61.3 Å². The molecule has 2 saturated heterocycles. The molecule has 7 atom stereocenters. The second-order valence-electron chi connectivity index (χ2n) is 12.9. The third-order valence-electron chi connectivity index (χ3n) is 9.06. The number of esters is 1. The molecule has 242 valence electrons. The van der Waals surface area contributed by atoms with Crippen LogP contribution in [0, 0.1) is 11.8 Å². The summed E-state index contributed by atoms with van der Waals surface area (Å²) >= 11 is 0. The van der Waals surface area contributed by atoms with Crippen LogP contribution in [0.3, 0.4) is 0 Å². The minimum absolute atomic E-state index is 0.0250. The van der Waals surface area contributed by atoms with Crippen molar-refractivity contribution < 1.29 is 33.6 Å². The molecule has 0 spiro atoms. The van der Waals surface area contributed by atoms with Crippen LogP contribution in [0.4, 0.5) is 0 Å². The van der Waals surface area contributed by atoms with Crippen LogP contribution in [0.15, 0.2) is 42.5 Å². The second-order valence-corrected chi connectivity index (χ2v) is 12.9. The molecule has 1 aromatic rings. The number of allylic oxidation sites excluding steroid dienone is 2. The highest BCUT2D eigenvalue weighted by atomic mass is 16.7. The maximum Gasteiger partial charge on any atom is 0.306 e. The Morgan fingerprint density at radius 1 is 0.977 bits per heavy atom. The van der Waals surface area contributed by atoms with E-state index in [1.807, 2.05) is 13.8 Å². The van der Waals surface area contributed by atoms with Gasteiger partial charge in [0, 0.05) is 26.1 Å². The number of ether oxygens (including phenoxy) is 5. The lowest BCUT2D eigenvalue weighted by atomic mass is 9.85. The lowest BCUT2D eigenvalue weighted by molar-refractivity contribution is -0.200. The summed E-state index contributed by atoms with van der Waals surface area (Å²) in [5.41, 5.74) is 1.33.